The molecule has 1 fully saturated rings. The van der Waals surface area contributed by atoms with E-state index in [9.17, 15) is 0 Å². The van der Waals surface area contributed by atoms with Crippen molar-refractivity contribution in [3.8, 4) is 0 Å². The summed E-state index contributed by atoms with van der Waals surface area (Å²) in [6.07, 6.45) is -0.303. The van der Waals surface area contributed by atoms with Crippen molar-refractivity contribution in [3.05, 3.63) is 35.9 Å². The fraction of sp³-hybridized carbons (Fsp3) is 0.600. The van der Waals surface area contributed by atoms with Gasteiger partial charge >= 0.3 is 0 Å². The Morgan fingerprint density at radius 2 is 1.83 bits per heavy atom. The Hall–Kier alpha value is -0.900. The first-order valence-electron chi connectivity index (χ1n) is 6.46. The largest absolute Gasteiger partial charge is 0.369 e. The van der Waals surface area contributed by atoms with Gasteiger partial charge < -0.3 is 14.2 Å². The molecule has 3 nitrogen and oxygen atoms in total. The van der Waals surface area contributed by atoms with E-state index < -0.39 is 0 Å². The molecule has 0 aromatic heterocycles. The van der Waals surface area contributed by atoms with Gasteiger partial charge in [0.05, 0.1) is 19.8 Å². The quantitative estimate of drug-likeness (QED) is 0.822. The van der Waals surface area contributed by atoms with E-state index in [1.165, 1.54) is 5.56 Å². The highest BCUT2D eigenvalue weighted by Crippen LogP contribution is 2.25. The molecule has 0 radical (unpaired) electrons. The minimum atomic E-state index is -0.248. The predicted octanol–water partition coefficient (Wildman–Crippen LogP) is 2.99. The summed E-state index contributed by atoms with van der Waals surface area (Å²) >= 11 is 0. The van der Waals surface area contributed by atoms with Gasteiger partial charge in [0.2, 0.25) is 0 Å². The van der Waals surface area contributed by atoms with E-state index in [2.05, 4.69) is 26.0 Å². The van der Waals surface area contributed by atoms with Crippen LogP contribution < -0.4 is 0 Å². The SMILES string of the molecule is CC(OCc1ccccc1)C1OCC(C)(C)CO1. The van der Waals surface area contributed by atoms with Gasteiger partial charge in [0.1, 0.15) is 6.10 Å². The summed E-state index contributed by atoms with van der Waals surface area (Å²) in [5.74, 6) is 0. The Morgan fingerprint density at radius 3 is 2.44 bits per heavy atom. The molecule has 1 unspecified atom stereocenters. The molecule has 3 heteroatoms. The number of benzene rings is 1. The Labute approximate surface area is 109 Å². The molecule has 1 heterocycles. The van der Waals surface area contributed by atoms with Crippen LogP contribution in [0.4, 0.5) is 0 Å². The third-order valence-electron chi connectivity index (χ3n) is 3.02. The van der Waals surface area contributed by atoms with Crippen LogP contribution >= 0.6 is 0 Å². The minimum Gasteiger partial charge on any atom is -0.369 e. The third-order valence-corrected chi connectivity index (χ3v) is 3.02. The van der Waals surface area contributed by atoms with Crippen LogP contribution in [0.1, 0.15) is 26.3 Å². The molecular weight excluding hydrogens is 228 g/mol. The van der Waals surface area contributed by atoms with Crippen molar-refractivity contribution in [2.45, 2.75) is 39.8 Å². The maximum absolute atomic E-state index is 5.79. The molecule has 1 aromatic rings. The van der Waals surface area contributed by atoms with Crippen molar-refractivity contribution >= 4 is 0 Å². The van der Waals surface area contributed by atoms with Crippen LogP contribution in [0.15, 0.2) is 30.3 Å². The Morgan fingerprint density at radius 1 is 1.22 bits per heavy atom. The van der Waals surface area contributed by atoms with Gasteiger partial charge in [-0.25, -0.2) is 0 Å². The number of hydrogen-bond acceptors (Lipinski definition) is 3. The monoisotopic (exact) mass is 250 g/mol. The fourth-order valence-corrected chi connectivity index (χ4v) is 1.86. The van der Waals surface area contributed by atoms with Crippen molar-refractivity contribution in [1.29, 1.82) is 0 Å². The smallest absolute Gasteiger partial charge is 0.183 e. The van der Waals surface area contributed by atoms with Gasteiger partial charge in [0.15, 0.2) is 6.29 Å². The molecular formula is C15H22O3. The summed E-state index contributed by atoms with van der Waals surface area (Å²) in [5.41, 5.74) is 1.27. The molecule has 1 aromatic carbocycles. The van der Waals surface area contributed by atoms with Crippen LogP contribution in [0.25, 0.3) is 0 Å². The molecule has 2 rings (SSSR count). The molecule has 18 heavy (non-hydrogen) atoms. The standard InChI is InChI=1S/C15H22O3/c1-12(14-17-10-15(2,3)11-18-14)16-9-13-7-5-4-6-8-13/h4-8,12,14H,9-11H2,1-3H3. The lowest BCUT2D eigenvalue weighted by molar-refractivity contribution is -0.262. The van der Waals surface area contributed by atoms with Crippen LogP contribution in [0, 0.1) is 5.41 Å². The highest BCUT2D eigenvalue weighted by atomic mass is 16.7. The molecule has 0 spiro atoms. The molecule has 0 bridgehead atoms. The second-order valence-electron chi connectivity index (χ2n) is 5.66. The zero-order valence-corrected chi connectivity index (χ0v) is 11.4. The summed E-state index contributed by atoms with van der Waals surface area (Å²) in [7, 11) is 0. The summed E-state index contributed by atoms with van der Waals surface area (Å²) in [5, 5.41) is 0. The van der Waals surface area contributed by atoms with Crippen LogP contribution in [0.3, 0.4) is 0 Å². The number of rotatable bonds is 4. The second kappa shape index (κ2) is 5.83. The maximum Gasteiger partial charge on any atom is 0.183 e. The molecule has 1 saturated heterocycles. The normalized spacial score (nSPS) is 21.7. The van der Waals surface area contributed by atoms with Gasteiger partial charge in [-0.3, -0.25) is 0 Å². The van der Waals surface area contributed by atoms with Gasteiger partial charge in [0.25, 0.3) is 0 Å². The van der Waals surface area contributed by atoms with Gasteiger partial charge in [-0.15, -0.1) is 0 Å². The van der Waals surface area contributed by atoms with E-state index in [1.54, 1.807) is 0 Å². The summed E-state index contributed by atoms with van der Waals surface area (Å²) in [6, 6.07) is 10.1. The first kappa shape index (κ1) is 13.5. The molecule has 1 aliphatic heterocycles. The molecule has 0 saturated carbocycles. The predicted molar refractivity (Wildman–Crippen MR) is 70.2 cm³/mol. The Balaban J connectivity index is 1.77. The highest BCUT2D eigenvalue weighted by Gasteiger charge is 2.31. The molecule has 1 aliphatic rings. The zero-order valence-electron chi connectivity index (χ0n) is 11.4. The lowest BCUT2D eigenvalue weighted by Crippen LogP contribution is -2.43. The zero-order chi connectivity index (χ0) is 13.0. The van der Waals surface area contributed by atoms with Crippen molar-refractivity contribution in [1.82, 2.24) is 0 Å². The van der Waals surface area contributed by atoms with Crippen molar-refractivity contribution < 1.29 is 14.2 Å². The summed E-state index contributed by atoms with van der Waals surface area (Å²) in [6.45, 7) is 8.30. The summed E-state index contributed by atoms with van der Waals surface area (Å²) in [4.78, 5) is 0. The van der Waals surface area contributed by atoms with Crippen LogP contribution in [-0.4, -0.2) is 25.6 Å². The first-order chi connectivity index (χ1) is 8.57. The maximum atomic E-state index is 5.79. The lowest BCUT2D eigenvalue weighted by atomic mass is 9.95. The van der Waals surface area contributed by atoms with E-state index in [-0.39, 0.29) is 17.8 Å². The Kier molecular flexibility index (Phi) is 4.38. The average molecular weight is 250 g/mol. The van der Waals surface area contributed by atoms with E-state index in [1.807, 2.05) is 25.1 Å². The molecule has 100 valence electrons. The molecule has 0 amide bonds. The number of hydrogen-bond donors (Lipinski definition) is 0. The van der Waals surface area contributed by atoms with E-state index in [0.717, 1.165) is 13.2 Å². The van der Waals surface area contributed by atoms with E-state index in [0.29, 0.717) is 6.61 Å². The fourth-order valence-electron chi connectivity index (χ4n) is 1.86. The first-order valence-corrected chi connectivity index (χ1v) is 6.46. The van der Waals surface area contributed by atoms with Crippen LogP contribution in [0.5, 0.6) is 0 Å². The van der Waals surface area contributed by atoms with Gasteiger partial charge in [-0.2, -0.15) is 0 Å². The van der Waals surface area contributed by atoms with Crippen molar-refractivity contribution in [3.63, 3.8) is 0 Å². The molecule has 0 N–H and O–H groups in total. The second-order valence-corrected chi connectivity index (χ2v) is 5.66. The van der Waals surface area contributed by atoms with Crippen LogP contribution in [-0.2, 0) is 20.8 Å². The Bertz CT molecular complexity index is 351. The van der Waals surface area contributed by atoms with Crippen molar-refractivity contribution in [2.24, 2.45) is 5.41 Å². The lowest BCUT2D eigenvalue weighted by Gasteiger charge is -2.36. The minimum absolute atomic E-state index is 0.0543. The number of ether oxygens (including phenoxy) is 3. The average Bonchev–Trinajstić information content (AvgIpc) is 2.37. The summed E-state index contributed by atoms with van der Waals surface area (Å²) < 4.78 is 17.2. The van der Waals surface area contributed by atoms with Gasteiger partial charge in [-0.05, 0) is 12.5 Å². The van der Waals surface area contributed by atoms with Gasteiger partial charge in [0, 0.05) is 5.41 Å². The van der Waals surface area contributed by atoms with Crippen LogP contribution in [0.2, 0.25) is 0 Å². The topological polar surface area (TPSA) is 27.7 Å². The highest BCUT2D eigenvalue weighted by molar-refractivity contribution is 5.13. The van der Waals surface area contributed by atoms with E-state index in [4.69, 9.17) is 14.2 Å². The molecule has 1 atom stereocenters. The molecule has 0 aliphatic carbocycles. The van der Waals surface area contributed by atoms with E-state index >= 15 is 0 Å². The third kappa shape index (κ3) is 3.80. The van der Waals surface area contributed by atoms with Crippen molar-refractivity contribution in [2.75, 3.05) is 13.2 Å². The van der Waals surface area contributed by atoms with Gasteiger partial charge in [-0.1, -0.05) is 44.2 Å².